The molecule has 0 heterocycles. The molecule has 0 atom stereocenters. The highest BCUT2D eigenvalue weighted by Crippen LogP contribution is 2.37. The van der Waals surface area contributed by atoms with Gasteiger partial charge in [0.05, 0.1) is 8.07 Å². The zero-order valence-corrected chi connectivity index (χ0v) is 11.9. The Bertz CT molecular complexity index is 459. The molecule has 0 aliphatic rings. The van der Waals surface area contributed by atoms with Crippen molar-refractivity contribution in [3.63, 3.8) is 0 Å². The van der Waals surface area contributed by atoms with Gasteiger partial charge in [0.15, 0.2) is 23.3 Å². The fourth-order valence-electron chi connectivity index (χ4n) is 1.53. The second-order valence-corrected chi connectivity index (χ2v) is 11.1. The van der Waals surface area contributed by atoms with Crippen molar-refractivity contribution in [2.24, 2.45) is 0 Å². The lowest BCUT2D eigenvalue weighted by molar-refractivity contribution is 0.383. The van der Waals surface area contributed by atoms with Gasteiger partial charge >= 0.3 is 0 Å². The van der Waals surface area contributed by atoms with E-state index in [1.54, 1.807) is 33.9 Å². The summed E-state index contributed by atoms with van der Waals surface area (Å²) in [5.41, 5.74) is 0. The van der Waals surface area contributed by atoms with Gasteiger partial charge in [-0.3, -0.25) is 0 Å². The van der Waals surface area contributed by atoms with Crippen molar-refractivity contribution in [2.75, 3.05) is 0 Å². The van der Waals surface area contributed by atoms with Crippen LogP contribution in [0, 0.1) is 29.1 Å². The minimum absolute atomic E-state index is 0.536. The molecular formula is C12H15F5Si. The Morgan fingerprint density at radius 1 is 0.667 bits per heavy atom. The molecule has 0 unspecified atom stereocenters. The van der Waals surface area contributed by atoms with Gasteiger partial charge < -0.3 is 0 Å². The van der Waals surface area contributed by atoms with Crippen molar-refractivity contribution in [3.8, 4) is 0 Å². The number of halogens is 5. The zero-order valence-electron chi connectivity index (χ0n) is 10.9. The van der Waals surface area contributed by atoms with E-state index in [1.165, 1.54) is 0 Å². The number of hydrogen-bond acceptors (Lipinski definition) is 0. The normalized spacial score (nSPS) is 13.0. The summed E-state index contributed by atoms with van der Waals surface area (Å²) in [6.07, 6.45) is 0. The van der Waals surface area contributed by atoms with Crippen molar-refractivity contribution in [3.05, 3.63) is 29.1 Å². The van der Waals surface area contributed by atoms with Gasteiger partial charge in [0.25, 0.3) is 0 Å². The molecule has 0 saturated carbocycles. The molecule has 0 aliphatic heterocycles. The third-order valence-electron chi connectivity index (χ3n) is 3.71. The molecule has 0 bridgehead atoms. The van der Waals surface area contributed by atoms with Crippen LogP contribution in [0.5, 0.6) is 0 Å². The molecule has 0 fully saturated rings. The lowest BCUT2D eigenvalue weighted by atomic mass is 10.2. The summed E-state index contributed by atoms with van der Waals surface area (Å²) in [5.74, 6) is -9.23. The van der Waals surface area contributed by atoms with Gasteiger partial charge in [-0.15, -0.1) is 0 Å². The first-order valence-corrected chi connectivity index (χ1v) is 8.44. The molecule has 1 aromatic carbocycles. The van der Waals surface area contributed by atoms with Crippen LogP contribution in [-0.4, -0.2) is 8.07 Å². The van der Waals surface area contributed by atoms with E-state index in [-0.39, 0.29) is 0 Å². The van der Waals surface area contributed by atoms with E-state index in [0.717, 1.165) is 0 Å². The van der Waals surface area contributed by atoms with Crippen molar-refractivity contribution in [1.29, 1.82) is 0 Å². The van der Waals surface area contributed by atoms with Crippen LogP contribution < -0.4 is 5.19 Å². The van der Waals surface area contributed by atoms with Gasteiger partial charge in [0.1, 0.15) is 0 Å². The van der Waals surface area contributed by atoms with Crippen LogP contribution in [-0.2, 0) is 0 Å². The fourth-order valence-corrected chi connectivity index (χ4v) is 3.60. The largest absolute Gasteiger partial charge is 0.204 e. The van der Waals surface area contributed by atoms with Gasteiger partial charge in [-0.2, -0.15) is 0 Å². The summed E-state index contributed by atoms with van der Waals surface area (Å²) in [6, 6.07) is 0. The van der Waals surface area contributed by atoms with Crippen LogP contribution in [0.25, 0.3) is 0 Å². The Balaban J connectivity index is 3.72. The summed E-state index contributed by atoms with van der Waals surface area (Å²) >= 11 is 0. The lowest BCUT2D eigenvalue weighted by Gasteiger charge is -2.37. The first kappa shape index (κ1) is 15.1. The van der Waals surface area contributed by atoms with Gasteiger partial charge in [0, 0.05) is 5.19 Å². The maximum Gasteiger partial charge on any atom is 0.200 e. The lowest BCUT2D eigenvalue weighted by Crippen LogP contribution is -2.53. The molecule has 0 radical (unpaired) electrons. The Labute approximate surface area is 104 Å². The number of rotatable bonds is 1. The van der Waals surface area contributed by atoms with Gasteiger partial charge in [0.2, 0.25) is 5.82 Å². The summed E-state index contributed by atoms with van der Waals surface area (Å²) in [4.78, 5) is 0. The summed E-state index contributed by atoms with van der Waals surface area (Å²) in [5, 5.41) is -1.17. The smallest absolute Gasteiger partial charge is 0.200 e. The van der Waals surface area contributed by atoms with Crippen LogP contribution in [0.1, 0.15) is 20.8 Å². The quantitative estimate of drug-likeness (QED) is 0.315. The van der Waals surface area contributed by atoms with Crippen molar-refractivity contribution in [2.45, 2.75) is 38.9 Å². The standard InChI is InChI=1S/C12H15F5Si/c1-12(2,3)18(4,5)11-9(16)7(14)6(13)8(15)10(11)17/h1-5H3. The molecule has 0 spiro atoms. The first-order chi connectivity index (χ1) is 7.93. The van der Waals surface area contributed by atoms with Crippen LogP contribution in [0.4, 0.5) is 22.0 Å². The van der Waals surface area contributed by atoms with E-state index < -0.39 is 47.4 Å². The molecule has 0 aliphatic carbocycles. The second kappa shape index (κ2) is 4.33. The highest BCUT2D eigenvalue weighted by Gasteiger charge is 2.43. The Morgan fingerprint density at radius 3 is 1.22 bits per heavy atom. The van der Waals surface area contributed by atoms with Crippen molar-refractivity contribution in [1.82, 2.24) is 0 Å². The van der Waals surface area contributed by atoms with Gasteiger partial charge in [-0.05, 0) is 5.04 Å². The maximum atomic E-state index is 13.7. The van der Waals surface area contributed by atoms with Crippen molar-refractivity contribution < 1.29 is 22.0 Å². The monoisotopic (exact) mass is 282 g/mol. The highest BCUT2D eigenvalue weighted by atomic mass is 28.3. The molecule has 0 aromatic heterocycles. The maximum absolute atomic E-state index is 13.7. The highest BCUT2D eigenvalue weighted by molar-refractivity contribution is 6.92. The van der Waals surface area contributed by atoms with E-state index >= 15 is 0 Å². The third kappa shape index (κ3) is 2.06. The Kier molecular flexibility index (Phi) is 3.64. The molecule has 0 nitrogen and oxygen atoms in total. The third-order valence-corrected chi connectivity index (χ3v) is 9.15. The molecule has 1 aromatic rings. The van der Waals surface area contributed by atoms with E-state index in [1.807, 2.05) is 0 Å². The second-order valence-electron chi connectivity index (χ2n) is 5.82. The molecule has 18 heavy (non-hydrogen) atoms. The van der Waals surface area contributed by atoms with Crippen LogP contribution in [0.3, 0.4) is 0 Å². The summed E-state index contributed by atoms with van der Waals surface area (Å²) in [6.45, 7) is 8.38. The van der Waals surface area contributed by atoms with Crippen LogP contribution in [0.15, 0.2) is 0 Å². The average molecular weight is 282 g/mol. The SMILES string of the molecule is CC(C)(C)[Si](C)(C)c1c(F)c(F)c(F)c(F)c1F. The molecule has 0 N–H and O–H groups in total. The topological polar surface area (TPSA) is 0 Å². The molecule has 1 rings (SSSR count). The molecule has 6 heteroatoms. The number of hydrogen-bond donors (Lipinski definition) is 0. The predicted molar refractivity (Wildman–Crippen MR) is 63.1 cm³/mol. The predicted octanol–water partition coefficient (Wildman–Crippen LogP) is 4.10. The summed E-state index contributed by atoms with van der Waals surface area (Å²) < 4.78 is 66.8. The molecular weight excluding hydrogens is 267 g/mol. The van der Waals surface area contributed by atoms with E-state index in [2.05, 4.69) is 0 Å². The van der Waals surface area contributed by atoms with E-state index in [4.69, 9.17) is 0 Å². The Hall–Kier alpha value is -0.913. The zero-order chi connectivity index (χ0) is 14.5. The van der Waals surface area contributed by atoms with Gasteiger partial charge in [-0.25, -0.2) is 22.0 Å². The van der Waals surface area contributed by atoms with Crippen LogP contribution >= 0.6 is 0 Å². The van der Waals surface area contributed by atoms with E-state index in [0.29, 0.717) is 0 Å². The minimum Gasteiger partial charge on any atom is -0.204 e. The van der Waals surface area contributed by atoms with Crippen molar-refractivity contribution >= 4 is 13.3 Å². The number of benzene rings is 1. The van der Waals surface area contributed by atoms with Gasteiger partial charge in [-0.1, -0.05) is 33.9 Å². The fraction of sp³-hybridized carbons (Fsp3) is 0.500. The Morgan fingerprint density at radius 2 is 0.944 bits per heavy atom. The van der Waals surface area contributed by atoms with E-state index in [9.17, 15) is 22.0 Å². The molecule has 0 amide bonds. The molecule has 0 saturated heterocycles. The first-order valence-electron chi connectivity index (χ1n) is 5.44. The summed E-state index contributed by atoms with van der Waals surface area (Å²) in [7, 11) is -2.85. The van der Waals surface area contributed by atoms with Crippen LogP contribution in [0.2, 0.25) is 18.1 Å². The minimum atomic E-state index is -2.85. The average Bonchev–Trinajstić information content (AvgIpc) is 2.22. The molecule has 102 valence electrons.